The lowest BCUT2D eigenvalue weighted by atomic mass is 9.99. The minimum atomic E-state index is 0.352. The van der Waals surface area contributed by atoms with Gasteiger partial charge in [-0.25, -0.2) is 0 Å². The first-order chi connectivity index (χ1) is 9.60. The Morgan fingerprint density at radius 3 is 2.65 bits per heavy atom. The van der Waals surface area contributed by atoms with Crippen molar-refractivity contribution in [2.75, 3.05) is 20.4 Å². The molecule has 2 rings (SSSR count). The summed E-state index contributed by atoms with van der Waals surface area (Å²) >= 11 is 0. The molecule has 0 spiro atoms. The normalized spacial score (nSPS) is 15.1. The van der Waals surface area contributed by atoms with Crippen LogP contribution < -0.4 is 9.47 Å². The summed E-state index contributed by atoms with van der Waals surface area (Å²) < 4.78 is 10.8. The van der Waals surface area contributed by atoms with Gasteiger partial charge in [-0.15, -0.1) is 0 Å². The van der Waals surface area contributed by atoms with Crippen molar-refractivity contribution in [1.29, 1.82) is 0 Å². The van der Waals surface area contributed by atoms with E-state index in [1.165, 1.54) is 18.4 Å². The molecule has 0 saturated carbocycles. The quantitative estimate of drug-likeness (QED) is 0.758. The monoisotopic (exact) mass is 277 g/mol. The van der Waals surface area contributed by atoms with Crippen molar-refractivity contribution in [3.8, 4) is 11.5 Å². The molecule has 0 aliphatic carbocycles. The van der Waals surface area contributed by atoms with Crippen LogP contribution in [0.5, 0.6) is 11.5 Å². The lowest BCUT2D eigenvalue weighted by Gasteiger charge is -2.29. The third-order valence-corrected chi connectivity index (χ3v) is 3.81. The van der Waals surface area contributed by atoms with Gasteiger partial charge in [0.05, 0.1) is 0 Å². The van der Waals surface area contributed by atoms with Gasteiger partial charge in [0.1, 0.15) is 0 Å². The van der Waals surface area contributed by atoms with E-state index in [0.29, 0.717) is 18.8 Å². The molecule has 0 saturated heterocycles. The van der Waals surface area contributed by atoms with Gasteiger partial charge in [-0.05, 0) is 43.5 Å². The summed E-state index contributed by atoms with van der Waals surface area (Å²) in [6.45, 7) is 8.32. The average molecular weight is 277 g/mol. The maximum Gasteiger partial charge on any atom is 0.231 e. The van der Waals surface area contributed by atoms with E-state index in [9.17, 15) is 0 Å². The van der Waals surface area contributed by atoms with Crippen molar-refractivity contribution < 1.29 is 9.47 Å². The topological polar surface area (TPSA) is 21.7 Å². The Morgan fingerprint density at radius 2 is 1.95 bits per heavy atom. The average Bonchev–Trinajstić information content (AvgIpc) is 2.84. The maximum absolute atomic E-state index is 5.47. The van der Waals surface area contributed by atoms with Crippen LogP contribution in [0.2, 0.25) is 0 Å². The molecule has 0 amide bonds. The molecule has 112 valence electrons. The molecule has 3 heteroatoms. The molecule has 1 aliphatic rings. The van der Waals surface area contributed by atoms with Gasteiger partial charge in [0.25, 0.3) is 0 Å². The SMILES string of the molecule is CCCC(Cc1ccc2c(c1)OCO2)N(C)CC(C)C. The fraction of sp³-hybridized carbons (Fsp3) is 0.647. The standard InChI is InChI=1S/C17H27NO2/c1-5-6-15(18(4)11-13(2)3)9-14-7-8-16-17(10-14)20-12-19-16/h7-8,10,13,15H,5-6,9,11-12H2,1-4H3. The van der Waals surface area contributed by atoms with E-state index < -0.39 is 0 Å². The Balaban J connectivity index is 2.03. The Hall–Kier alpha value is -1.22. The van der Waals surface area contributed by atoms with Gasteiger partial charge in [0.15, 0.2) is 11.5 Å². The number of ether oxygens (including phenoxy) is 2. The Kier molecular flexibility index (Phi) is 5.30. The minimum absolute atomic E-state index is 0.352. The molecule has 0 radical (unpaired) electrons. The number of likely N-dealkylation sites (N-methyl/N-ethyl adjacent to an activating group) is 1. The third-order valence-electron chi connectivity index (χ3n) is 3.81. The molecule has 0 fully saturated rings. The highest BCUT2D eigenvalue weighted by atomic mass is 16.7. The summed E-state index contributed by atoms with van der Waals surface area (Å²) in [6.07, 6.45) is 3.53. The largest absolute Gasteiger partial charge is 0.454 e. The molecule has 0 N–H and O–H groups in total. The fourth-order valence-electron chi connectivity index (χ4n) is 2.88. The van der Waals surface area contributed by atoms with Crippen molar-refractivity contribution in [3.05, 3.63) is 23.8 Å². The molecule has 1 aliphatic heterocycles. The predicted octanol–water partition coefficient (Wildman–Crippen LogP) is 3.71. The first-order valence-corrected chi connectivity index (χ1v) is 7.69. The molecule has 0 bridgehead atoms. The zero-order valence-electron chi connectivity index (χ0n) is 13.2. The van der Waals surface area contributed by atoms with Crippen LogP contribution in [0, 0.1) is 5.92 Å². The lowest BCUT2D eigenvalue weighted by molar-refractivity contribution is 0.174. The first kappa shape index (κ1) is 15.2. The predicted molar refractivity (Wildman–Crippen MR) is 82.4 cm³/mol. The summed E-state index contributed by atoms with van der Waals surface area (Å²) in [4.78, 5) is 2.50. The van der Waals surface area contributed by atoms with Crippen molar-refractivity contribution in [1.82, 2.24) is 4.90 Å². The summed E-state index contributed by atoms with van der Waals surface area (Å²) in [6, 6.07) is 6.93. The highest BCUT2D eigenvalue weighted by Crippen LogP contribution is 2.33. The molecule has 0 aromatic heterocycles. The number of benzene rings is 1. The highest BCUT2D eigenvalue weighted by molar-refractivity contribution is 5.44. The van der Waals surface area contributed by atoms with E-state index in [4.69, 9.17) is 9.47 Å². The van der Waals surface area contributed by atoms with Gasteiger partial charge < -0.3 is 14.4 Å². The molecular weight excluding hydrogens is 250 g/mol. The first-order valence-electron chi connectivity index (χ1n) is 7.69. The second-order valence-electron chi connectivity index (χ2n) is 6.17. The highest BCUT2D eigenvalue weighted by Gasteiger charge is 2.18. The second-order valence-corrected chi connectivity index (χ2v) is 6.17. The fourth-order valence-corrected chi connectivity index (χ4v) is 2.88. The number of rotatable bonds is 7. The van der Waals surface area contributed by atoms with Gasteiger partial charge in [0, 0.05) is 12.6 Å². The molecule has 1 atom stereocenters. The molecule has 1 unspecified atom stereocenters. The van der Waals surface area contributed by atoms with E-state index in [0.717, 1.165) is 24.5 Å². The minimum Gasteiger partial charge on any atom is -0.454 e. The van der Waals surface area contributed by atoms with Gasteiger partial charge in [0.2, 0.25) is 6.79 Å². The maximum atomic E-state index is 5.47. The van der Waals surface area contributed by atoms with E-state index in [2.05, 4.69) is 44.9 Å². The zero-order chi connectivity index (χ0) is 14.5. The van der Waals surface area contributed by atoms with Crippen LogP contribution >= 0.6 is 0 Å². The Bertz CT molecular complexity index is 431. The van der Waals surface area contributed by atoms with Crippen molar-refractivity contribution in [2.24, 2.45) is 5.92 Å². The summed E-state index contributed by atoms with van der Waals surface area (Å²) in [7, 11) is 2.24. The molecule has 20 heavy (non-hydrogen) atoms. The van der Waals surface area contributed by atoms with Crippen LogP contribution in [-0.4, -0.2) is 31.3 Å². The van der Waals surface area contributed by atoms with Crippen LogP contribution in [0.3, 0.4) is 0 Å². The van der Waals surface area contributed by atoms with Gasteiger partial charge in [-0.3, -0.25) is 0 Å². The van der Waals surface area contributed by atoms with Crippen LogP contribution in [0.25, 0.3) is 0 Å². The third kappa shape index (κ3) is 3.89. The van der Waals surface area contributed by atoms with Gasteiger partial charge in [-0.1, -0.05) is 33.3 Å². The second kappa shape index (κ2) is 6.98. The van der Waals surface area contributed by atoms with Crippen molar-refractivity contribution in [3.63, 3.8) is 0 Å². The van der Waals surface area contributed by atoms with Crippen molar-refractivity contribution >= 4 is 0 Å². The number of fused-ring (bicyclic) bond motifs is 1. The van der Waals surface area contributed by atoms with Crippen LogP contribution in [0.1, 0.15) is 39.2 Å². The molecular formula is C17H27NO2. The summed E-state index contributed by atoms with van der Waals surface area (Å²) in [5, 5.41) is 0. The van der Waals surface area contributed by atoms with E-state index >= 15 is 0 Å². The smallest absolute Gasteiger partial charge is 0.231 e. The summed E-state index contributed by atoms with van der Waals surface area (Å²) in [5.41, 5.74) is 1.34. The Labute approximate surface area is 122 Å². The van der Waals surface area contributed by atoms with E-state index in [1.807, 2.05) is 6.07 Å². The molecule has 3 nitrogen and oxygen atoms in total. The van der Waals surface area contributed by atoms with Gasteiger partial charge >= 0.3 is 0 Å². The van der Waals surface area contributed by atoms with Crippen LogP contribution in [-0.2, 0) is 6.42 Å². The zero-order valence-corrected chi connectivity index (χ0v) is 13.2. The number of nitrogens with zero attached hydrogens (tertiary/aromatic N) is 1. The number of hydrogen-bond acceptors (Lipinski definition) is 3. The van der Waals surface area contributed by atoms with Gasteiger partial charge in [-0.2, -0.15) is 0 Å². The molecule has 1 aromatic rings. The number of hydrogen-bond donors (Lipinski definition) is 0. The van der Waals surface area contributed by atoms with E-state index in [1.54, 1.807) is 0 Å². The van der Waals surface area contributed by atoms with E-state index in [-0.39, 0.29) is 0 Å². The van der Waals surface area contributed by atoms with Crippen molar-refractivity contribution in [2.45, 2.75) is 46.1 Å². The lowest BCUT2D eigenvalue weighted by Crippen LogP contribution is -2.36. The van der Waals surface area contributed by atoms with Crippen LogP contribution in [0.4, 0.5) is 0 Å². The summed E-state index contributed by atoms with van der Waals surface area (Å²) in [5.74, 6) is 2.47. The molecule has 1 heterocycles. The van der Waals surface area contributed by atoms with Crippen LogP contribution in [0.15, 0.2) is 18.2 Å². The Morgan fingerprint density at radius 1 is 1.20 bits per heavy atom. The molecule has 1 aromatic carbocycles.